The monoisotopic (exact) mass is 283 g/mol. The zero-order valence-electron chi connectivity index (χ0n) is 10.9. The summed E-state index contributed by atoms with van der Waals surface area (Å²) in [7, 11) is 1.67. The Morgan fingerprint density at radius 2 is 2.21 bits per heavy atom. The van der Waals surface area contributed by atoms with Crippen molar-refractivity contribution in [2.75, 3.05) is 30.9 Å². The lowest BCUT2D eigenvalue weighted by molar-refractivity contribution is -0.384. The van der Waals surface area contributed by atoms with E-state index in [0.29, 0.717) is 17.8 Å². The minimum absolute atomic E-state index is 0.0896. The van der Waals surface area contributed by atoms with Gasteiger partial charge in [-0.15, -0.1) is 0 Å². The largest absolute Gasteiger partial charge is 0.387 e. The van der Waals surface area contributed by atoms with Crippen molar-refractivity contribution < 1.29 is 9.72 Å². The lowest BCUT2D eigenvalue weighted by atomic mass is 10.1. The molecule has 0 unspecified atom stereocenters. The number of nitrogens with zero attached hydrogens (tertiary/aromatic N) is 1. The van der Waals surface area contributed by atoms with Gasteiger partial charge in [-0.3, -0.25) is 14.9 Å². The number of hydrogen-bond acceptors (Lipinski definition) is 5. The number of hydrogen-bond donors (Lipinski definition) is 2. The lowest BCUT2D eigenvalue weighted by Crippen LogP contribution is -2.25. The van der Waals surface area contributed by atoms with Crippen molar-refractivity contribution in [3.8, 4) is 0 Å². The van der Waals surface area contributed by atoms with Gasteiger partial charge in [-0.2, -0.15) is 11.8 Å². The molecule has 0 spiro atoms. The number of nitro groups is 1. The van der Waals surface area contributed by atoms with Gasteiger partial charge in [-0.25, -0.2) is 0 Å². The van der Waals surface area contributed by atoms with E-state index in [4.69, 9.17) is 0 Å². The van der Waals surface area contributed by atoms with Gasteiger partial charge in [0.1, 0.15) is 0 Å². The van der Waals surface area contributed by atoms with Crippen LogP contribution in [0.15, 0.2) is 18.2 Å². The number of carbonyl (C=O) groups excluding carboxylic acids is 1. The summed E-state index contributed by atoms with van der Waals surface area (Å²) in [5.41, 5.74) is 0.780. The minimum atomic E-state index is -0.510. The summed E-state index contributed by atoms with van der Waals surface area (Å²) in [6.45, 7) is 0.561. The molecular formula is C12H17N3O3S. The zero-order chi connectivity index (χ0) is 14.3. The Hall–Kier alpha value is -1.76. The van der Waals surface area contributed by atoms with Crippen LogP contribution in [0.1, 0.15) is 16.8 Å². The predicted molar refractivity (Wildman–Crippen MR) is 78.0 cm³/mol. The van der Waals surface area contributed by atoms with Gasteiger partial charge in [0.15, 0.2) is 0 Å². The maximum Gasteiger partial charge on any atom is 0.270 e. The van der Waals surface area contributed by atoms with Crippen LogP contribution in [0, 0.1) is 10.1 Å². The van der Waals surface area contributed by atoms with Crippen LogP contribution >= 0.6 is 11.8 Å². The maximum atomic E-state index is 12.0. The van der Waals surface area contributed by atoms with Crippen LogP contribution in [0.2, 0.25) is 0 Å². The summed E-state index contributed by atoms with van der Waals surface area (Å²) in [5, 5.41) is 16.3. The second kappa shape index (κ2) is 7.63. The molecule has 7 heteroatoms. The van der Waals surface area contributed by atoms with E-state index in [2.05, 4.69) is 10.6 Å². The highest BCUT2D eigenvalue weighted by Gasteiger charge is 2.15. The van der Waals surface area contributed by atoms with Crippen molar-refractivity contribution in [2.24, 2.45) is 0 Å². The fourth-order valence-corrected chi connectivity index (χ4v) is 2.00. The van der Waals surface area contributed by atoms with Gasteiger partial charge < -0.3 is 10.6 Å². The number of anilines is 1. The molecule has 0 bridgehead atoms. The first-order valence-electron chi connectivity index (χ1n) is 5.83. The molecule has 2 N–H and O–H groups in total. The topological polar surface area (TPSA) is 84.3 Å². The number of benzene rings is 1. The van der Waals surface area contributed by atoms with Crippen LogP contribution in [-0.4, -0.2) is 36.4 Å². The van der Waals surface area contributed by atoms with E-state index >= 15 is 0 Å². The molecule has 0 aromatic heterocycles. The van der Waals surface area contributed by atoms with Gasteiger partial charge in [-0.05, 0) is 24.5 Å². The van der Waals surface area contributed by atoms with Gasteiger partial charge >= 0.3 is 0 Å². The molecule has 1 aromatic carbocycles. The van der Waals surface area contributed by atoms with E-state index in [9.17, 15) is 14.9 Å². The van der Waals surface area contributed by atoms with Gasteiger partial charge in [0.2, 0.25) is 0 Å². The van der Waals surface area contributed by atoms with E-state index in [1.807, 2.05) is 6.26 Å². The molecule has 0 aliphatic carbocycles. The molecular weight excluding hydrogens is 266 g/mol. The van der Waals surface area contributed by atoms with Crippen molar-refractivity contribution in [1.29, 1.82) is 0 Å². The van der Waals surface area contributed by atoms with Crippen LogP contribution in [0.4, 0.5) is 11.4 Å². The van der Waals surface area contributed by atoms with E-state index < -0.39 is 4.92 Å². The van der Waals surface area contributed by atoms with E-state index in [-0.39, 0.29) is 11.6 Å². The average Bonchev–Trinajstić information content (AvgIpc) is 2.42. The number of amides is 1. The SMILES string of the molecule is CNc1ccc([N+](=O)[O-])cc1C(=O)NCCCSC. The first kappa shape index (κ1) is 15.3. The highest BCUT2D eigenvalue weighted by molar-refractivity contribution is 7.98. The maximum absolute atomic E-state index is 12.0. The van der Waals surface area contributed by atoms with Gasteiger partial charge in [0.05, 0.1) is 10.5 Å². The summed E-state index contributed by atoms with van der Waals surface area (Å²) < 4.78 is 0. The Bertz CT molecular complexity index is 466. The molecule has 1 rings (SSSR count). The Kier molecular flexibility index (Phi) is 6.14. The molecule has 19 heavy (non-hydrogen) atoms. The molecule has 0 atom stereocenters. The molecule has 104 valence electrons. The fraction of sp³-hybridized carbons (Fsp3) is 0.417. The van der Waals surface area contributed by atoms with Crippen LogP contribution in [0.25, 0.3) is 0 Å². The van der Waals surface area contributed by atoms with Crippen LogP contribution in [0.5, 0.6) is 0 Å². The molecule has 1 amide bonds. The third-order valence-corrected chi connectivity index (χ3v) is 3.24. The van der Waals surface area contributed by atoms with Crippen molar-refractivity contribution in [3.05, 3.63) is 33.9 Å². The Morgan fingerprint density at radius 3 is 2.79 bits per heavy atom. The summed E-state index contributed by atoms with van der Waals surface area (Å²) in [6, 6.07) is 4.20. The molecule has 0 saturated heterocycles. The molecule has 0 aliphatic heterocycles. The van der Waals surface area contributed by atoms with E-state index in [1.165, 1.54) is 18.2 Å². The van der Waals surface area contributed by atoms with Crippen molar-refractivity contribution in [1.82, 2.24) is 5.32 Å². The second-order valence-corrected chi connectivity index (χ2v) is 4.82. The fourth-order valence-electron chi connectivity index (χ4n) is 1.57. The number of nitro benzene ring substituents is 1. The summed E-state index contributed by atoms with van der Waals surface area (Å²) in [4.78, 5) is 22.2. The first-order valence-corrected chi connectivity index (χ1v) is 7.23. The van der Waals surface area contributed by atoms with Crippen LogP contribution < -0.4 is 10.6 Å². The highest BCUT2D eigenvalue weighted by Crippen LogP contribution is 2.21. The number of non-ortho nitro benzene ring substituents is 1. The molecule has 0 radical (unpaired) electrons. The Labute approximate surface area is 116 Å². The minimum Gasteiger partial charge on any atom is -0.387 e. The molecule has 1 aromatic rings. The van der Waals surface area contributed by atoms with Crippen LogP contribution in [0.3, 0.4) is 0 Å². The third-order valence-electron chi connectivity index (χ3n) is 2.54. The van der Waals surface area contributed by atoms with Gasteiger partial charge in [0, 0.05) is 31.4 Å². The lowest BCUT2D eigenvalue weighted by Gasteiger charge is -2.09. The molecule has 0 aliphatic rings. The second-order valence-electron chi connectivity index (χ2n) is 3.84. The predicted octanol–water partition coefficient (Wildman–Crippen LogP) is 2.12. The van der Waals surface area contributed by atoms with Gasteiger partial charge in [0.25, 0.3) is 11.6 Å². The van der Waals surface area contributed by atoms with Crippen molar-refractivity contribution in [2.45, 2.75) is 6.42 Å². The molecule has 0 saturated carbocycles. The summed E-state index contributed by atoms with van der Waals surface area (Å²) >= 11 is 1.71. The third kappa shape index (κ3) is 4.44. The standard InChI is InChI=1S/C12H17N3O3S/c1-13-11-5-4-9(15(17)18)8-10(11)12(16)14-6-3-7-19-2/h4-5,8,13H,3,6-7H2,1-2H3,(H,14,16). The molecule has 6 nitrogen and oxygen atoms in total. The normalized spacial score (nSPS) is 10.0. The smallest absolute Gasteiger partial charge is 0.270 e. The highest BCUT2D eigenvalue weighted by atomic mass is 32.2. The molecule has 0 heterocycles. The number of nitrogens with one attached hydrogen (secondary N) is 2. The Balaban J connectivity index is 2.81. The van der Waals surface area contributed by atoms with E-state index in [1.54, 1.807) is 18.8 Å². The van der Waals surface area contributed by atoms with Crippen LogP contribution in [-0.2, 0) is 0 Å². The summed E-state index contributed by atoms with van der Waals surface area (Å²) in [6.07, 6.45) is 2.87. The van der Waals surface area contributed by atoms with Crippen molar-refractivity contribution in [3.63, 3.8) is 0 Å². The quantitative estimate of drug-likeness (QED) is 0.455. The molecule has 0 fully saturated rings. The average molecular weight is 283 g/mol. The number of carbonyl (C=O) groups is 1. The van der Waals surface area contributed by atoms with E-state index in [0.717, 1.165) is 12.2 Å². The number of rotatable bonds is 7. The first-order chi connectivity index (χ1) is 9.10. The van der Waals surface area contributed by atoms with Crippen molar-refractivity contribution >= 4 is 29.0 Å². The Morgan fingerprint density at radius 1 is 1.47 bits per heavy atom. The number of thioether (sulfide) groups is 1. The summed E-state index contributed by atoms with van der Waals surface area (Å²) in [5.74, 6) is 0.669. The zero-order valence-corrected chi connectivity index (χ0v) is 11.8. The van der Waals surface area contributed by atoms with Gasteiger partial charge in [-0.1, -0.05) is 0 Å².